The lowest BCUT2D eigenvalue weighted by molar-refractivity contribution is 0.515. The van der Waals surface area contributed by atoms with Crippen molar-refractivity contribution in [2.75, 3.05) is 31.1 Å². The summed E-state index contributed by atoms with van der Waals surface area (Å²) >= 11 is 3.44. The summed E-state index contributed by atoms with van der Waals surface area (Å²) in [4.78, 5) is 2.15. The van der Waals surface area contributed by atoms with Crippen LogP contribution in [0.2, 0.25) is 0 Å². The van der Waals surface area contributed by atoms with Crippen molar-refractivity contribution in [3.8, 4) is 0 Å². The Kier molecular flexibility index (Phi) is 5.01. The number of hydrogen-bond acceptors (Lipinski definition) is 2. The number of nitrogens with one attached hydrogen (secondary N) is 1. The van der Waals surface area contributed by atoms with Crippen LogP contribution in [0.3, 0.4) is 0 Å². The molecule has 1 atom stereocenters. The molecular formula is C14H20BrFN2. The number of anilines is 1. The Labute approximate surface area is 117 Å². The van der Waals surface area contributed by atoms with Crippen LogP contribution in [0.1, 0.15) is 19.8 Å². The highest BCUT2D eigenvalue weighted by atomic mass is 79.9. The van der Waals surface area contributed by atoms with Crippen LogP contribution in [-0.4, -0.2) is 26.2 Å². The number of hydrogen-bond donors (Lipinski definition) is 1. The minimum absolute atomic E-state index is 0.133. The first-order valence-electron chi connectivity index (χ1n) is 6.62. The Bertz CT molecular complexity index is 377. The molecule has 1 saturated heterocycles. The minimum Gasteiger partial charge on any atom is -0.368 e. The third-order valence-corrected chi connectivity index (χ3v) is 4.04. The minimum atomic E-state index is -0.133. The van der Waals surface area contributed by atoms with Crippen molar-refractivity contribution >= 4 is 21.6 Å². The summed E-state index contributed by atoms with van der Waals surface area (Å²) in [5.41, 5.74) is 0.718. The highest BCUT2D eigenvalue weighted by Gasteiger charge is 2.25. The third-order valence-electron chi connectivity index (χ3n) is 3.40. The molecule has 0 bridgehead atoms. The number of para-hydroxylation sites is 1. The van der Waals surface area contributed by atoms with E-state index >= 15 is 0 Å². The van der Waals surface area contributed by atoms with Crippen LogP contribution in [0.5, 0.6) is 0 Å². The largest absolute Gasteiger partial charge is 0.368 e. The quantitative estimate of drug-likeness (QED) is 0.838. The summed E-state index contributed by atoms with van der Waals surface area (Å²) in [6.45, 7) is 6.16. The molecule has 2 rings (SSSR count). The van der Waals surface area contributed by atoms with Crippen LogP contribution in [0.4, 0.5) is 10.1 Å². The Hall–Kier alpha value is -0.610. The highest BCUT2D eigenvalue weighted by Crippen LogP contribution is 2.32. The van der Waals surface area contributed by atoms with Gasteiger partial charge in [-0.05, 0) is 59.9 Å². The first-order chi connectivity index (χ1) is 8.72. The summed E-state index contributed by atoms with van der Waals surface area (Å²) in [6, 6.07) is 5.17. The molecule has 1 unspecified atom stereocenters. The molecule has 0 radical (unpaired) electrons. The number of benzene rings is 1. The van der Waals surface area contributed by atoms with Gasteiger partial charge in [0.05, 0.1) is 5.69 Å². The van der Waals surface area contributed by atoms with E-state index in [9.17, 15) is 4.39 Å². The van der Waals surface area contributed by atoms with Gasteiger partial charge in [-0.25, -0.2) is 4.39 Å². The van der Waals surface area contributed by atoms with E-state index in [0.29, 0.717) is 5.92 Å². The zero-order valence-corrected chi connectivity index (χ0v) is 12.3. The van der Waals surface area contributed by atoms with Crippen molar-refractivity contribution in [3.63, 3.8) is 0 Å². The van der Waals surface area contributed by atoms with Crippen molar-refractivity contribution in [1.29, 1.82) is 0 Å². The molecule has 1 aliphatic rings. The molecule has 1 heterocycles. The highest BCUT2D eigenvalue weighted by molar-refractivity contribution is 9.10. The lowest BCUT2D eigenvalue weighted by Gasteiger charge is -2.21. The zero-order chi connectivity index (χ0) is 13.0. The maximum absolute atomic E-state index is 13.8. The van der Waals surface area contributed by atoms with Gasteiger partial charge in [0.15, 0.2) is 0 Å². The van der Waals surface area contributed by atoms with Gasteiger partial charge in [0.1, 0.15) is 5.82 Å². The van der Waals surface area contributed by atoms with E-state index in [0.717, 1.165) is 49.2 Å². The van der Waals surface area contributed by atoms with Gasteiger partial charge in [-0.15, -0.1) is 0 Å². The monoisotopic (exact) mass is 314 g/mol. The van der Waals surface area contributed by atoms with Crippen molar-refractivity contribution in [1.82, 2.24) is 5.32 Å². The molecule has 1 aromatic carbocycles. The van der Waals surface area contributed by atoms with Crippen molar-refractivity contribution in [3.05, 3.63) is 28.5 Å². The molecule has 1 N–H and O–H groups in total. The summed E-state index contributed by atoms with van der Waals surface area (Å²) in [6.07, 6.45) is 2.30. The third kappa shape index (κ3) is 3.23. The normalized spacial score (nSPS) is 19.5. The Morgan fingerprint density at radius 2 is 2.33 bits per heavy atom. The maximum Gasteiger partial charge on any atom is 0.147 e. The molecule has 1 aromatic rings. The molecule has 18 heavy (non-hydrogen) atoms. The van der Waals surface area contributed by atoms with Crippen molar-refractivity contribution in [2.45, 2.75) is 19.8 Å². The predicted molar refractivity (Wildman–Crippen MR) is 77.6 cm³/mol. The number of halogens is 2. The lowest BCUT2D eigenvalue weighted by atomic mass is 10.1. The second-order valence-electron chi connectivity index (χ2n) is 4.88. The molecule has 0 amide bonds. The van der Waals surface area contributed by atoms with Gasteiger partial charge in [0, 0.05) is 17.6 Å². The van der Waals surface area contributed by atoms with Crippen molar-refractivity contribution < 1.29 is 4.39 Å². The lowest BCUT2D eigenvalue weighted by Crippen LogP contribution is -2.27. The fourth-order valence-corrected chi connectivity index (χ4v) is 3.07. The first kappa shape index (κ1) is 13.8. The van der Waals surface area contributed by atoms with Gasteiger partial charge in [0.2, 0.25) is 0 Å². The summed E-state index contributed by atoms with van der Waals surface area (Å²) in [7, 11) is 0. The van der Waals surface area contributed by atoms with Crippen LogP contribution >= 0.6 is 15.9 Å². The topological polar surface area (TPSA) is 15.3 Å². The van der Waals surface area contributed by atoms with E-state index in [1.165, 1.54) is 6.07 Å². The average Bonchev–Trinajstić information content (AvgIpc) is 2.78. The second-order valence-corrected chi connectivity index (χ2v) is 5.73. The fourth-order valence-electron chi connectivity index (χ4n) is 2.48. The number of rotatable bonds is 5. The molecule has 100 valence electrons. The summed E-state index contributed by atoms with van der Waals surface area (Å²) in [5, 5.41) is 3.45. The summed E-state index contributed by atoms with van der Waals surface area (Å²) < 4.78 is 14.7. The van der Waals surface area contributed by atoms with Crippen molar-refractivity contribution in [2.24, 2.45) is 5.92 Å². The average molecular weight is 315 g/mol. The fraction of sp³-hybridized carbons (Fsp3) is 0.571. The van der Waals surface area contributed by atoms with E-state index in [-0.39, 0.29) is 5.82 Å². The van der Waals surface area contributed by atoms with Crippen LogP contribution in [0.15, 0.2) is 22.7 Å². The van der Waals surface area contributed by atoms with Gasteiger partial charge in [-0.2, -0.15) is 0 Å². The number of nitrogens with zero attached hydrogens (tertiary/aromatic N) is 1. The predicted octanol–water partition coefficient (Wildman–Crippen LogP) is 3.41. The van der Waals surface area contributed by atoms with Gasteiger partial charge in [0.25, 0.3) is 0 Å². The summed E-state index contributed by atoms with van der Waals surface area (Å²) in [5.74, 6) is 0.495. The molecule has 1 aliphatic heterocycles. The van der Waals surface area contributed by atoms with E-state index in [2.05, 4.69) is 33.1 Å². The molecule has 0 aromatic heterocycles. The molecule has 0 aliphatic carbocycles. The molecule has 2 nitrogen and oxygen atoms in total. The SMILES string of the molecule is CCCNCC1CCN(c2c(F)cccc2Br)C1. The Morgan fingerprint density at radius 3 is 3.06 bits per heavy atom. The van der Waals surface area contributed by atoms with Gasteiger partial charge >= 0.3 is 0 Å². The molecule has 4 heteroatoms. The van der Waals surface area contributed by atoms with E-state index in [1.807, 2.05) is 6.07 Å². The standard InChI is InChI=1S/C14H20BrFN2/c1-2-7-17-9-11-6-8-18(10-11)14-12(15)4-3-5-13(14)16/h3-5,11,17H,2,6-10H2,1H3. The van der Waals surface area contributed by atoms with Crippen LogP contribution < -0.4 is 10.2 Å². The van der Waals surface area contributed by atoms with Gasteiger partial charge < -0.3 is 10.2 Å². The molecule has 0 spiro atoms. The van der Waals surface area contributed by atoms with E-state index < -0.39 is 0 Å². The van der Waals surface area contributed by atoms with E-state index in [4.69, 9.17) is 0 Å². The second kappa shape index (κ2) is 6.53. The van der Waals surface area contributed by atoms with Gasteiger partial charge in [-0.3, -0.25) is 0 Å². The van der Waals surface area contributed by atoms with E-state index in [1.54, 1.807) is 6.07 Å². The first-order valence-corrected chi connectivity index (χ1v) is 7.41. The smallest absolute Gasteiger partial charge is 0.147 e. The van der Waals surface area contributed by atoms with Crippen LogP contribution in [-0.2, 0) is 0 Å². The molecular weight excluding hydrogens is 295 g/mol. The Balaban J connectivity index is 1.96. The van der Waals surface area contributed by atoms with Gasteiger partial charge in [-0.1, -0.05) is 13.0 Å². The zero-order valence-electron chi connectivity index (χ0n) is 10.8. The Morgan fingerprint density at radius 1 is 1.50 bits per heavy atom. The van der Waals surface area contributed by atoms with Crippen LogP contribution in [0.25, 0.3) is 0 Å². The molecule has 0 saturated carbocycles. The maximum atomic E-state index is 13.8. The van der Waals surface area contributed by atoms with Crippen LogP contribution in [0, 0.1) is 11.7 Å². The molecule has 1 fully saturated rings.